The van der Waals surface area contributed by atoms with Crippen LogP contribution in [0.4, 0.5) is 18.9 Å². The number of hydrogen-bond donors (Lipinski definition) is 1. The summed E-state index contributed by atoms with van der Waals surface area (Å²) in [5.74, 6) is -1.21. The van der Waals surface area contributed by atoms with E-state index in [1.165, 1.54) is 0 Å². The van der Waals surface area contributed by atoms with Gasteiger partial charge in [0.1, 0.15) is 0 Å². The number of anilines is 1. The van der Waals surface area contributed by atoms with Crippen LogP contribution in [0.1, 0.15) is 37.8 Å². The molecule has 1 saturated heterocycles. The van der Waals surface area contributed by atoms with Gasteiger partial charge in [-0.3, -0.25) is 0 Å². The highest BCUT2D eigenvalue weighted by atomic mass is 19.4. The summed E-state index contributed by atoms with van der Waals surface area (Å²) in [6.45, 7) is 2.76. The van der Waals surface area contributed by atoms with Gasteiger partial charge in [0.2, 0.25) is 0 Å². The minimum Gasteiger partial charge on any atom is -0.371 e. The number of rotatable bonds is 3. The van der Waals surface area contributed by atoms with Crippen molar-refractivity contribution in [1.82, 2.24) is 0 Å². The highest BCUT2D eigenvalue weighted by Gasteiger charge is 2.41. The Morgan fingerprint density at radius 2 is 1.95 bits per heavy atom. The number of piperidine rings is 1. The molecule has 0 radical (unpaired) electrons. The van der Waals surface area contributed by atoms with E-state index in [1.54, 1.807) is 0 Å². The van der Waals surface area contributed by atoms with Crippen molar-refractivity contribution < 1.29 is 13.2 Å². The lowest BCUT2D eigenvalue weighted by Crippen LogP contribution is -2.41. The third-order valence-electron chi connectivity index (χ3n) is 4.01. The maximum Gasteiger partial charge on any atom is 0.393 e. The van der Waals surface area contributed by atoms with Gasteiger partial charge < -0.3 is 10.6 Å². The van der Waals surface area contributed by atoms with E-state index < -0.39 is 12.1 Å². The van der Waals surface area contributed by atoms with Crippen LogP contribution in [0.15, 0.2) is 24.3 Å². The molecular weight excluding hydrogens is 265 g/mol. The molecular formula is C15H21F3N2. The van der Waals surface area contributed by atoms with Crippen molar-refractivity contribution >= 4 is 5.69 Å². The smallest absolute Gasteiger partial charge is 0.371 e. The van der Waals surface area contributed by atoms with E-state index in [0.29, 0.717) is 13.0 Å². The monoisotopic (exact) mass is 286 g/mol. The van der Waals surface area contributed by atoms with Crippen LogP contribution in [0.2, 0.25) is 0 Å². The maximum atomic E-state index is 12.8. The molecule has 112 valence electrons. The Hall–Kier alpha value is -1.23. The van der Waals surface area contributed by atoms with Crippen LogP contribution in [-0.2, 0) is 0 Å². The molecule has 0 spiro atoms. The first kappa shape index (κ1) is 15.2. The van der Waals surface area contributed by atoms with E-state index in [9.17, 15) is 13.2 Å². The van der Waals surface area contributed by atoms with Crippen LogP contribution in [-0.4, -0.2) is 19.3 Å². The molecule has 2 rings (SSSR count). The largest absolute Gasteiger partial charge is 0.393 e. The molecule has 2 nitrogen and oxygen atoms in total. The fourth-order valence-corrected chi connectivity index (χ4v) is 2.65. The number of nitrogens with zero attached hydrogens (tertiary/aromatic N) is 1. The fourth-order valence-electron chi connectivity index (χ4n) is 2.65. The van der Waals surface area contributed by atoms with Crippen molar-refractivity contribution in [2.75, 3.05) is 18.0 Å². The zero-order valence-electron chi connectivity index (χ0n) is 11.7. The summed E-state index contributed by atoms with van der Waals surface area (Å²) < 4.78 is 38.4. The number of nitrogens with two attached hydrogens (primary N) is 1. The van der Waals surface area contributed by atoms with Crippen molar-refractivity contribution in [3.63, 3.8) is 0 Å². The Kier molecular flexibility index (Phi) is 4.58. The first-order chi connectivity index (χ1) is 9.41. The number of benzene rings is 1. The summed E-state index contributed by atoms with van der Waals surface area (Å²) in [5.41, 5.74) is 7.82. The predicted molar refractivity (Wildman–Crippen MR) is 74.7 cm³/mol. The van der Waals surface area contributed by atoms with Crippen molar-refractivity contribution in [3.8, 4) is 0 Å². The lowest BCUT2D eigenvalue weighted by atomic mass is 9.96. The van der Waals surface area contributed by atoms with Gasteiger partial charge in [-0.25, -0.2) is 0 Å². The Balaban J connectivity index is 2.07. The second-order valence-electron chi connectivity index (χ2n) is 5.43. The Morgan fingerprint density at radius 1 is 1.30 bits per heavy atom. The quantitative estimate of drug-likeness (QED) is 0.913. The molecule has 0 saturated carbocycles. The van der Waals surface area contributed by atoms with Gasteiger partial charge in [0.15, 0.2) is 0 Å². The molecule has 2 unspecified atom stereocenters. The summed E-state index contributed by atoms with van der Waals surface area (Å²) in [4.78, 5) is 1.82. The lowest BCUT2D eigenvalue weighted by Gasteiger charge is -2.35. The molecule has 0 aromatic heterocycles. The highest BCUT2D eigenvalue weighted by molar-refractivity contribution is 5.48. The van der Waals surface area contributed by atoms with E-state index in [1.807, 2.05) is 36.1 Å². The zero-order chi connectivity index (χ0) is 14.8. The molecule has 0 aliphatic carbocycles. The van der Waals surface area contributed by atoms with E-state index in [0.717, 1.165) is 17.7 Å². The molecule has 1 aromatic carbocycles. The molecule has 0 amide bonds. The van der Waals surface area contributed by atoms with Crippen molar-refractivity contribution in [2.24, 2.45) is 11.7 Å². The Morgan fingerprint density at radius 3 is 2.50 bits per heavy atom. The predicted octanol–water partition coefficient (Wildman–Crippen LogP) is 3.88. The van der Waals surface area contributed by atoms with Gasteiger partial charge >= 0.3 is 6.18 Å². The fraction of sp³-hybridized carbons (Fsp3) is 0.600. The average molecular weight is 286 g/mol. The molecule has 2 atom stereocenters. The van der Waals surface area contributed by atoms with Gasteiger partial charge in [-0.05, 0) is 37.0 Å². The van der Waals surface area contributed by atoms with E-state index >= 15 is 0 Å². The molecule has 20 heavy (non-hydrogen) atoms. The summed E-state index contributed by atoms with van der Waals surface area (Å²) in [6.07, 6.45) is -2.43. The molecule has 1 aromatic rings. The van der Waals surface area contributed by atoms with E-state index in [2.05, 4.69) is 0 Å². The molecule has 1 aliphatic rings. The maximum absolute atomic E-state index is 12.8. The Labute approximate surface area is 117 Å². The third kappa shape index (κ3) is 3.45. The standard InChI is InChI=1S/C15H21F3N2/c1-2-14(19)11-5-7-13(8-6-11)20-9-3-4-12(10-20)15(16,17)18/h5-8,12,14H,2-4,9-10,19H2,1H3. The van der Waals surface area contributed by atoms with Crippen LogP contribution >= 0.6 is 0 Å². The average Bonchev–Trinajstić information content (AvgIpc) is 2.46. The minimum absolute atomic E-state index is 0.00618. The SMILES string of the molecule is CCC(N)c1ccc(N2CCCC(C(F)(F)F)C2)cc1. The second kappa shape index (κ2) is 6.04. The van der Waals surface area contributed by atoms with Crippen molar-refractivity contribution in [1.29, 1.82) is 0 Å². The van der Waals surface area contributed by atoms with E-state index in [4.69, 9.17) is 5.73 Å². The summed E-state index contributed by atoms with van der Waals surface area (Å²) in [5, 5.41) is 0. The summed E-state index contributed by atoms with van der Waals surface area (Å²) in [6, 6.07) is 7.59. The van der Waals surface area contributed by atoms with Crippen molar-refractivity contribution in [3.05, 3.63) is 29.8 Å². The van der Waals surface area contributed by atoms with Gasteiger partial charge in [-0.15, -0.1) is 0 Å². The van der Waals surface area contributed by atoms with Crippen molar-refractivity contribution in [2.45, 2.75) is 38.4 Å². The molecule has 5 heteroatoms. The minimum atomic E-state index is -4.09. The number of halogens is 3. The molecule has 1 heterocycles. The van der Waals surface area contributed by atoms with Gasteiger partial charge in [-0.2, -0.15) is 13.2 Å². The van der Waals surface area contributed by atoms with Crippen LogP contribution in [0.5, 0.6) is 0 Å². The molecule has 2 N–H and O–H groups in total. The molecule has 1 aliphatic heterocycles. The van der Waals surface area contributed by atoms with Gasteiger partial charge in [0.05, 0.1) is 5.92 Å². The van der Waals surface area contributed by atoms with Gasteiger partial charge in [0.25, 0.3) is 0 Å². The van der Waals surface area contributed by atoms with Gasteiger partial charge in [0, 0.05) is 24.8 Å². The third-order valence-corrected chi connectivity index (χ3v) is 4.01. The first-order valence-electron chi connectivity index (χ1n) is 7.09. The first-order valence-corrected chi connectivity index (χ1v) is 7.09. The molecule has 0 bridgehead atoms. The highest BCUT2D eigenvalue weighted by Crippen LogP contribution is 2.34. The van der Waals surface area contributed by atoms with E-state index in [-0.39, 0.29) is 19.0 Å². The normalized spacial score (nSPS) is 21.9. The topological polar surface area (TPSA) is 29.3 Å². The van der Waals surface area contributed by atoms with Gasteiger partial charge in [-0.1, -0.05) is 19.1 Å². The zero-order valence-corrected chi connectivity index (χ0v) is 11.7. The number of alkyl halides is 3. The Bertz CT molecular complexity index is 428. The second-order valence-corrected chi connectivity index (χ2v) is 5.43. The lowest BCUT2D eigenvalue weighted by molar-refractivity contribution is -0.175. The number of hydrogen-bond acceptors (Lipinski definition) is 2. The van der Waals surface area contributed by atoms with Crippen LogP contribution < -0.4 is 10.6 Å². The van der Waals surface area contributed by atoms with Crippen LogP contribution in [0, 0.1) is 5.92 Å². The summed E-state index contributed by atoms with van der Waals surface area (Å²) >= 11 is 0. The summed E-state index contributed by atoms with van der Waals surface area (Å²) in [7, 11) is 0. The van der Waals surface area contributed by atoms with Crippen LogP contribution in [0.3, 0.4) is 0 Å². The van der Waals surface area contributed by atoms with Crippen LogP contribution in [0.25, 0.3) is 0 Å². The molecule has 1 fully saturated rings.